The molecule has 0 bridgehead atoms. The van der Waals surface area contributed by atoms with Crippen LogP contribution in [0, 0.1) is 0 Å². The van der Waals surface area contributed by atoms with Gasteiger partial charge in [0, 0.05) is 16.8 Å². The Kier molecular flexibility index (Phi) is 8.16. The average molecular weight is 388 g/mol. The molecule has 0 aliphatic heterocycles. The summed E-state index contributed by atoms with van der Waals surface area (Å²) in [5.41, 5.74) is 7.32. The molecule has 0 radical (unpaired) electrons. The molecule has 154 valence electrons. The summed E-state index contributed by atoms with van der Waals surface area (Å²) in [6.45, 7) is 6.91. The van der Waals surface area contributed by atoms with Gasteiger partial charge >= 0.3 is 0 Å². The van der Waals surface area contributed by atoms with Crippen molar-refractivity contribution in [2.45, 2.75) is 78.6 Å². The van der Waals surface area contributed by atoms with Gasteiger partial charge in [0.1, 0.15) is 0 Å². The highest BCUT2D eigenvalue weighted by atomic mass is 14.9. The molecule has 0 atom stereocenters. The molecule has 0 fully saturated rings. The molecule has 3 aromatic rings. The normalized spacial score (nSPS) is 11.1. The lowest BCUT2D eigenvalue weighted by Crippen LogP contribution is -2.08. The Labute approximate surface area is 177 Å². The third-order valence-corrected chi connectivity index (χ3v) is 5.94. The van der Waals surface area contributed by atoms with E-state index in [1.165, 1.54) is 73.5 Å². The summed E-state index contributed by atoms with van der Waals surface area (Å²) in [6.07, 6.45) is 11.1. The Morgan fingerprint density at radius 2 is 1.07 bits per heavy atom. The van der Waals surface area contributed by atoms with Crippen LogP contribution >= 0.6 is 0 Å². The van der Waals surface area contributed by atoms with Gasteiger partial charge in [0.25, 0.3) is 0 Å². The Morgan fingerprint density at radius 3 is 1.69 bits per heavy atom. The van der Waals surface area contributed by atoms with Crippen molar-refractivity contribution in [1.29, 1.82) is 0 Å². The van der Waals surface area contributed by atoms with E-state index in [-0.39, 0.29) is 0 Å². The summed E-state index contributed by atoms with van der Waals surface area (Å²) in [5, 5.41) is 6.66. The summed E-state index contributed by atoms with van der Waals surface area (Å²) >= 11 is 0. The Bertz CT molecular complexity index is 895. The fourth-order valence-corrected chi connectivity index (χ4v) is 4.35. The molecule has 0 spiro atoms. The van der Waals surface area contributed by atoms with Crippen LogP contribution in [0.5, 0.6) is 0 Å². The maximum Gasteiger partial charge on any atom is 0.0499 e. The van der Waals surface area contributed by atoms with Crippen LogP contribution < -0.4 is 5.32 Å². The monoisotopic (exact) mass is 387 g/mol. The first-order valence-electron chi connectivity index (χ1n) is 11.7. The van der Waals surface area contributed by atoms with Gasteiger partial charge < -0.3 is 5.32 Å². The van der Waals surface area contributed by atoms with E-state index >= 15 is 0 Å². The minimum atomic E-state index is 1.16. The predicted octanol–water partition coefficient (Wildman–Crippen LogP) is 8.61. The zero-order valence-corrected chi connectivity index (χ0v) is 18.6. The number of para-hydroxylation sites is 1. The molecule has 1 nitrogen and oxygen atoms in total. The van der Waals surface area contributed by atoms with E-state index in [0.717, 1.165) is 6.42 Å². The molecule has 1 N–H and O–H groups in total. The predicted molar refractivity (Wildman–Crippen MR) is 130 cm³/mol. The Hall–Kier alpha value is -2.28. The number of hydrogen-bond donors (Lipinski definition) is 1. The van der Waals surface area contributed by atoms with E-state index in [9.17, 15) is 0 Å². The van der Waals surface area contributed by atoms with Crippen LogP contribution in [-0.4, -0.2) is 0 Å². The highest BCUT2D eigenvalue weighted by Crippen LogP contribution is 2.38. The van der Waals surface area contributed by atoms with Gasteiger partial charge in [-0.15, -0.1) is 0 Å². The smallest absolute Gasteiger partial charge is 0.0499 e. The lowest BCUT2D eigenvalue weighted by Gasteiger charge is -2.24. The van der Waals surface area contributed by atoms with Gasteiger partial charge in [0.2, 0.25) is 0 Å². The average Bonchev–Trinajstić information content (AvgIpc) is 2.77. The van der Waals surface area contributed by atoms with Crippen molar-refractivity contribution in [1.82, 2.24) is 0 Å². The van der Waals surface area contributed by atoms with Gasteiger partial charge in [-0.05, 0) is 72.7 Å². The molecular formula is C28H37N. The molecular weight excluding hydrogens is 350 g/mol. The molecule has 0 unspecified atom stereocenters. The van der Waals surface area contributed by atoms with Crippen molar-refractivity contribution < 1.29 is 0 Å². The quantitative estimate of drug-likeness (QED) is 0.347. The van der Waals surface area contributed by atoms with Crippen LogP contribution in [0.25, 0.3) is 10.8 Å². The van der Waals surface area contributed by atoms with Crippen LogP contribution in [0.2, 0.25) is 0 Å². The minimum absolute atomic E-state index is 1.16. The maximum atomic E-state index is 3.82. The highest BCUT2D eigenvalue weighted by molar-refractivity contribution is 6.00. The lowest BCUT2D eigenvalue weighted by molar-refractivity contribution is 0.739. The van der Waals surface area contributed by atoms with Crippen molar-refractivity contribution in [3.63, 3.8) is 0 Å². The molecule has 0 aromatic heterocycles. The molecule has 29 heavy (non-hydrogen) atoms. The Morgan fingerprint density at radius 1 is 0.552 bits per heavy atom. The number of rotatable bonds is 11. The van der Waals surface area contributed by atoms with E-state index in [1.807, 2.05) is 0 Å². The van der Waals surface area contributed by atoms with Crippen molar-refractivity contribution in [3.05, 3.63) is 71.3 Å². The second kappa shape index (κ2) is 11.0. The molecule has 0 aliphatic rings. The topological polar surface area (TPSA) is 12.0 Å². The van der Waals surface area contributed by atoms with Gasteiger partial charge in [-0.1, -0.05) is 82.5 Å². The van der Waals surface area contributed by atoms with Crippen molar-refractivity contribution >= 4 is 22.1 Å². The molecule has 0 saturated heterocycles. The summed E-state index contributed by atoms with van der Waals surface area (Å²) in [6, 6.07) is 19.7. The van der Waals surface area contributed by atoms with E-state index in [2.05, 4.69) is 80.7 Å². The molecule has 0 heterocycles. The summed E-state index contributed by atoms with van der Waals surface area (Å²) in [5.74, 6) is 0. The Balaban J connectivity index is 2.24. The third kappa shape index (κ3) is 5.21. The number of anilines is 2. The zero-order valence-electron chi connectivity index (χ0n) is 18.6. The standard InChI is InChI=1S/C28H37N/c1-4-7-17-23-24(18-8-5-2)26(19-9-6-3)28(27-21-14-13-20-25(23)27)29-22-15-11-10-12-16-22/h10-16,20-21,29H,4-9,17-19H2,1-3H3. The van der Waals surface area contributed by atoms with Gasteiger partial charge in [0.15, 0.2) is 0 Å². The number of nitrogens with one attached hydrogen (secondary N) is 1. The zero-order chi connectivity index (χ0) is 20.5. The van der Waals surface area contributed by atoms with Crippen LogP contribution in [-0.2, 0) is 19.3 Å². The highest BCUT2D eigenvalue weighted by Gasteiger charge is 2.18. The summed E-state index contributed by atoms with van der Waals surface area (Å²) in [4.78, 5) is 0. The molecule has 3 rings (SSSR count). The summed E-state index contributed by atoms with van der Waals surface area (Å²) < 4.78 is 0. The van der Waals surface area contributed by atoms with E-state index < -0.39 is 0 Å². The van der Waals surface area contributed by atoms with Gasteiger partial charge in [-0.3, -0.25) is 0 Å². The minimum Gasteiger partial charge on any atom is -0.355 e. The number of hydrogen-bond acceptors (Lipinski definition) is 1. The number of fused-ring (bicyclic) bond motifs is 1. The first kappa shape index (κ1) is 21.4. The second-order valence-corrected chi connectivity index (χ2v) is 8.16. The van der Waals surface area contributed by atoms with E-state index in [4.69, 9.17) is 0 Å². The molecule has 0 amide bonds. The molecule has 1 heteroatoms. The van der Waals surface area contributed by atoms with E-state index in [1.54, 1.807) is 16.7 Å². The number of benzene rings is 3. The first-order valence-corrected chi connectivity index (χ1v) is 11.7. The molecule has 3 aromatic carbocycles. The van der Waals surface area contributed by atoms with Crippen LogP contribution in [0.15, 0.2) is 54.6 Å². The van der Waals surface area contributed by atoms with Gasteiger partial charge in [0.05, 0.1) is 0 Å². The van der Waals surface area contributed by atoms with Crippen molar-refractivity contribution in [2.24, 2.45) is 0 Å². The van der Waals surface area contributed by atoms with Gasteiger partial charge in [-0.25, -0.2) is 0 Å². The largest absolute Gasteiger partial charge is 0.355 e. The van der Waals surface area contributed by atoms with Crippen molar-refractivity contribution in [2.75, 3.05) is 5.32 Å². The van der Waals surface area contributed by atoms with Crippen LogP contribution in [0.1, 0.15) is 76.0 Å². The van der Waals surface area contributed by atoms with Crippen molar-refractivity contribution in [3.8, 4) is 0 Å². The first-order chi connectivity index (χ1) is 14.3. The molecule has 0 aliphatic carbocycles. The fourth-order valence-electron chi connectivity index (χ4n) is 4.35. The molecule has 0 saturated carbocycles. The fraction of sp³-hybridized carbons (Fsp3) is 0.429. The number of unbranched alkanes of at least 4 members (excludes halogenated alkanes) is 3. The summed E-state index contributed by atoms with van der Waals surface area (Å²) in [7, 11) is 0. The second-order valence-electron chi connectivity index (χ2n) is 8.16. The van der Waals surface area contributed by atoms with Crippen LogP contribution in [0.3, 0.4) is 0 Å². The van der Waals surface area contributed by atoms with Gasteiger partial charge in [-0.2, -0.15) is 0 Å². The lowest BCUT2D eigenvalue weighted by atomic mass is 9.85. The van der Waals surface area contributed by atoms with Crippen LogP contribution in [0.4, 0.5) is 11.4 Å². The SMILES string of the molecule is CCCCc1c(CCCC)c(Nc2ccccc2)c2ccccc2c1CCCC. The maximum absolute atomic E-state index is 3.82. The van der Waals surface area contributed by atoms with E-state index in [0.29, 0.717) is 0 Å². The third-order valence-electron chi connectivity index (χ3n) is 5.94. The number of aryl methyl sites for hydroxylation is 1.